The molecule has 2 bridgehead atoms. The van der Waals surface area contributed by atoms with E-state index in [0.29, 0.717) is 28.0 Å². The minimum atomic E-state index is -0.566. The van der Waals surface area contributed by atoms with E-state index in [9.17, 15) is 14.7 Å². The van der Waals surface area contributed by atoms with Crippen LogP contribution in [-0.2, 0) is 22.6 Å². The second-order valence-electron chi connectivity index (χ2n) is 16.5. The number of imide groups is 1. The van der Waals surface area contributed by atoms with Crippen LogP contribution < -0.4 is 0 Å². The average Bonchev–Trinajstić information content (AvgIpc) is 3.51. The van der Waals surface area contributed by atoms with Crippen molar-refractivity contribution in [3.8, 4) is 11.1 Å². The molecule has 2 amide bonds. The van der Waals surface area contributed by atoms with E-state index in [0.717, 1.165) is 46.5 Å². The molecule has 0 aromatic heterocycles. The van der Waals surface area contributed by atoms with Crippen LogP contribution in [0.4, 0.5) is 0 Å². The van der Waals surface area contributed by atoms with Gasteiger partial charge in [-0.15, -0.1) is 0 Å². The fourth-order valence-electron chi connectivity index (χ4n) is 9.63. The Kier molecular flexibility index (Phi) is 8.74. The van der Waals surface area contributed by atoms with Crippen LogP contribution in [0.25, 0.3) is 11.1 Å². The molecule has 1 aliphatic carbocycles. The number of hydrogen-bond acceptors (Lipinski definition) is 6. The first-order valence-electron chi connectivity index (χ1n) is 18.4. The molecular formula is C44H48N2O5. The molecule has 6 atom stereocenters. The summed E-state index contributed by atoms with van der Waals surface area (Å²) in [6.07, 6.45) is 2.93. The number of amides is 2. The Morgan fingerprint density at radius 1 is 0.765 bits per heavy atom. The Labute approximate surface area is 301 Å². The lowest BCUT2D eigenvalue weighted by molar-refractivity contribution is -0.276. The highest BCUT2D eigenvalue weighted by Gasteiger charge is 2.51. The molecule has 3 fully saturated rings. The highest BCUT2D eigenvalue weighted by atomic mass is 16.7. The summed E-state index contributed by atoms with van der Waals surface area (Å²) in [5, 5.41) is 9.69. The fourth-order valence-corrected chi connectivity index (χ4v) is 9.63. The highest BCUT2D eigenvalue weighted by molar-refractivity contribution is 6.21. The number of ether oxygens (including phenoxy) is 2. The van der Waals surface area contributed by atoms with Crippen molar-refractivity contribution in [3.05, 3.63) is 130 Å². The molecule has 7 heteroatoms. The van der Waals surface area contributed by atoms with E-state index in [1.807, 2.05) is 30.3 Å². The number of carbonyl (C=O) groups excluding carboxylic acids is 2. The second kappa shape index (κ2) is 13.1. The van der Waals surface area contributed by atoms with Crippen molar-refractivity contribution >= 4 is 11.8 Å². The van der Waals surface area contributed by atoms with E-state index in [1.165, 1.54) is 24.2 Å². The summed E-state index contributed by atoms with van der Waals surface area (Å²) in [5.41, 5.74) is 7.38. The molecule has 4 aromatic rings. The largest absolute Gasteiger partial charge is 0.392 e. The highest BCUT2D eigenvalue weighted by Crippen LogP contribution is 2.53. The van der Waals surface area contributed by atoms with Crippen LogP contribution in [0.2, 0.25) is 0 Å². The van der Waals surface area contributed by atoms with E-state index in [2.05, 4.69) is 75.1 Å². The minimum absolute atomic E-state index is 0.00741. The summed E-state index contributed by atoms with van der Waals surface area (Å²) in [5.74, 6) is -0.396. The maximum atomic E-state index is 13.1. The van der Waals surface area contributed by atoms with Crippen LogP contribution in [0.15, 0.2) is 97.1 Å². The van der Waals surface area contributed by atoms with Crippen LogP contribution in [0.1, 0.15) is 102 Å². The Bertz CT molecular complexity index is 1920. The Hall–Kier alpha value is -4.14. The van der Waals surface area contributed by atoms with Crippen molar-refractivity contribution in [3.63, 3.8) is 0 Å². The molecule has 1 N–H and O–H groups in total. The molecule has 4 aromatic carbocycles. The number of aliphatic hydroxyl groups is 1. The zero-order valence-electron chi connectivity index (χ0n) is 30.0. The van der Waals surface area contributed by atoms with Crippen LogP contribution in [0, 0.1) is 16.7 Å². The summed E-state index contributed by atoms with van der Waals surface area (Å²) in [7, 11) is 0. The maximum absolute atomic E-state index is 13.1. The molecule has 1 saturated carbocycles. The average molecular weight is 685 g/mol. The van der Waals surface area contributed by atoms with Gasteiger partial charge in [-0.05, 0) is 82.2 Å². The molecule has 3 heterocycles. The summed E-state index contributed by atoms with van der Waals surface area (Å²) in [6, 6.07) is 32.0. The van der Waals surface area contributed by atoms with Gasteiger partial charge in [-0.25, -0.2) is 0 Å². The van der Waals surface area contributed by atoms with Crippen LogP contribution >= 0.6 is 0 Å². The van der Waals surface area contributed by atoms with E-state index in [4.69, 9.17) is 9.47 Å². The van der Waals surface area contributed by atoms with Gasteiger partial charge in [-0.1, -0.05) is 100 Å². The van der Waals surface area contributed by atoms with Gasteiger partial charge in [0.2, 0.25) is 0 Å². The minimum Gasteiger partial charge on any atom is -0.392 e. The van der Waals surface area contributed by atoms with Crippen molar-refractivity contribution < 1.29 is 24.2 Å². The van der Waals surface area contributed by atoms with Crippen molar-refractivity contribution in [2.45, 2.75) is 84.6 Å². The van der Waals surface area contributed by atoms with Crippen LogP contribution in [0.3, 0.4) is 0 Å². The van der Waals surface area contributed by atoms with Crippen LogP contribution in [-0.4, -0.2) is 52.0 Å². The normalized spacial score (nSPS) is 28.6. The number of rotatable bonds is 8. The number of nitrogens with zero attached hydrogens (tertiary/aromatic N) is 2. The van der Waals surface area contributed by atoms with Gasteiger partial charge in [0, 0.05) is 30.6 Å². The van der Waals surface area contributed by atoms with E-state index < -0.39 is 6.29 Å². The molecule has 4 aliphatic rings. The van der Waals surface area contributed by atoms with Gasteiger partial charge < -0.3 is 14.6 Å². The van der Waals surface area contributed by atoms with Gasteiger partial charge in [0.15, 0.2) is 6.29 Å². The number of likely N-dealkylation sites (tertiary alicyclic amines) is 1. The lowest BCUT2D eigenvalue weighted by Gasteiger charge is -2.43. The van der Waals surface area contributed by atoms with Gasteiger partial charge in [-0.2, -0.15) is 0 Å². The van der Waals surface area contributed by atoms with Gasteiger partial charge in [-0.3, -0.25) is 19.4 Å². The molecule has 7 nitrogen and oxygen atoms in total. The molecular weight excluding hydrogens is 636 g/mol. The standard InChI is InChI=1S/C44H48N2O5/c1-28-38(24-45-27-44(4)22-35(45)21-43(2,3)26-44)50-42(51-39(28)31-17-15-29(25-47)16-18-31)34-12-8-11-33(20-34)32-10-7-9-30(19-32)23-46-40(48)36-13-5-6-14-37(36)41(46)49/h5-20,28,35,38-39,42,47H,21-27H2,1-4H3/t28-,35?,38+,39+,42+,44?/m1/s1. The molecule has 0 spiro atoms. The molecule has 0 radical (unpaired) electrons. The Morgan fingerprint density at radius 3 is 2.16 bits per heavy atom. The molecule has 2 unspecified atom stereocenters. The Balaban J connectivity index is 1.06. The maximum Gasteiger partial charge on any atom is 0.261 e. The summed E-state index contributed by atoms with van der Waals surface area (Å²) in [6.45, 7) is 11.7. The summed E-state index contributed by atoms with van der Waals surface area (Å²) < 4.78 is 13.8. The first-order valence-corrected chi connectivity index (χ1v) is 18.4. The van der Waals surface area contributed by atoms with Gasteiger partial charge in [0.05, 0.1) is 36.5 Å². The summed E-state index contributed by atoms with van der Waals surface area (Å²) >= 11 is 0. The second-order valence-corrected chi connectivity index (χ2v) is 16.5. The van der Waals surface area contributed by atoms with Crippen molar-refractivity contribution in [1.82, 2.24) is 9.80 Å². The number of benzene rings is 4. The third-order valence-corrected chi connectivity index (χ3v) is 11.7. The van der Waals surface area contributed by atoms with E-state index in [1.54, 1.807) is 24.3 Å². The quantitative estimate of drug-likeness (QED) is 0.188. The number of carbonyl (C=O) groups is 2. The third-order valence-electron chi connectivity index (χ3n) is 11.7. The van der Waals surface area contributed by atoms with Crippen molar-refractivity contribution in [2.24, 2.45) is 16.7 Å². The third kappa shape index (κ3) is 6.57. The van der Waals surface area contributed by atoms with Crippen molar-refractivity contribution in [2.75, 3.05) is 13.1 Å². The SMILES string of the molecule is C[C@@H]1[C@H](CN2CC3(C)CC2CC(C)(C)C3)O[C@H](c2cccc(-c3cccc(CN4C(=O)c5ccccc5C4=O)c3)c2)O[C@@H]1c1ccc(CO)cc1. The number of hydrogen-bond donors (Lipinski definition) is 1. The lowest BCUT2D eigenvalue weighted by atomic mass is 9.65. The van der Waals surface area contributed by atoms with E-state index in [-0.39, 0.29) is 43.1 Å². The molecule has 51 heavy (non-hydrogen) atoms. The number of aliphatic hydroxyl groups excluding tert-OH is 1. The van der Waals surface area contributed by atoms with Crippen LogP contribution in [0.5, 0.6) is 0 Å². The monoisotopic (exact) mass is 684 g/mol. The molecule has 3 aliphatic heterocycles. The smallest absolute Gasteiger partial charge is 0.261 e. The molecule has 2 saturated heterocycles. The first kappa shape index (κ1) is 34.0. The predicted molar refractivity (Wildman–Crippen MR) is 197 cm³/mol. The summed E-state index contributed by atoms with van der Waals surface area (Å²) in [4.78, 5) is 30.2. The predicted octanol–water partition coefficient (Wildman–Crippen LogP) is 8.33. The zero-order valence-corrected chi connectivity index (χ0v) is 30.0. The molecule has 8 rings (SSSR count). The van der Waals surface area contributed by atoms with Gasteiger partial charge >= 0.3 is 0 Å². The lowest BCUT2D eigenvalue weighted by Crippen LogP contribution is -2.46. The van der Waals surface area contributed by atoms with E-state index >= 15 is 0 Å². The Morgan fingerprint density at radius 2 is 1.45 bits per heavy atom. The zero-order chi connectivity index (χ0) is 35.5. The first-order chi connectivity index (χ1) is 24.5. The molecule has 264 valence electrons. The number of fused-ring (bicyclic) bond motifs is 3. The topological polar surface area (TPSA) is 79.3 Å². The van der Waals surface area contributed by atoms with Crippen molar-refractivity contribution in [1.29, 1.82) is 0 Å². The fraction of sp³-hybridized carbons (Fsp3) is 0.409. The van der Waals surface area contributed by atoms with Gasteiger partial charge in [0.25, 0.3) is 11.8 Å². The van der Waals surface area contributed by atoms with Gasteiger partial charge in [0.1, 0.15) is 0 Å².